The van der Waals surface area contributed by atoms with E-state index in [1.54, 1.807) is 12.1 Å². The Morgan fingerprint density at radius 2 is 2.13 bits per heavy atom. The number of piperidine rings is 1. The molecule has 0 aliphatic carbocycles. The van der Waals surface area contributed by atoms with Gasteiger partial charge < -0.3 is 14.6 Å². The summed E-state index contributed by atoms with van der Waals surface area (Å²) in [7, 11) is 2.90. The lowest BCUT2D eigenvalue weighted by Crippen LogP contribution is -2.48. The first kappa shape index (κ1) is 17.7. The normalized spacial score (nSPS) is 21.0. The Bertz CT molecular complexity index is 597. The van der Waals surface area contributed by atoms with Gasteiger partial charge in [-0.25, -0.2) is 8.78 Å². The van der Waals surface area contributed by atoms with Gasteiger partial charge >= 0.3 is 5.97 Å². The molecule has 0 saturated carbocycles. The van der Waals surface area contributed by atoms with Crippen molar-refractivity contribution in [1.29, 1.82) is 0 Å². The lowest BCUT2D eigenvalue weighted by Gasteiger charge is -2.36. The lowest BCUT2D eigenvalue weighted by atomic mass is 9.95. The summed E-state index contributed by atoms with van der Waals surface area (Å²) in [6.45, 7) is -0.265. The summed E-state index contributed by atoms with van der Waals surface area (Å²) in [5.74, 6) is -4.56. The molecule has 0 bridgehead atoms. The van der Waals surface area contributed by atoms with E-state index in [0.717, 1.165) is 0 Å². The molecule has 1 aliphatic heterocycles. The van der Waals surface area contributed by atoms with E-state index >= 15 is 0 Å². The van der Waals surface area contributed by atoms with Crippen molar-refractivity contribution in [2.24, 2.45) is 5.92 Å². The fraction of sp³-hybridized carbons (Fsp3) is 0.533. The number of likely N-dealkylation sites (tertiary alicyclic amines) is 1. The van der Waals surface area contributed by atoms with E-state index < -0.39 is 30.8 Å². The summed E-state index contributed by atoms with van der Waals surface area (Å²) >= 11 is 6.10. The van der Waals surface area contributed by atoms with Crippen LogP contribution >= 0.6 is 11.6 Å². The van der Waals surface area contributed by atoms with Gasteiger partial charge in [0, 0.05) is 19.5 Å². The summed E-state index contributed by atoms with van der Waals surface area (Å²) in [6, 6.07) is 3.25. The third kappa shape index (κ3) is 4.23. The Morgan fingerprint density at radius 1 is 1.43 bits per heavy atom. The number of carbonyl (C=O) groups is 1. The third-order valence-corrected chi connectivity index (χ3v) is 4.01. The SMILES string of the molecule is COc1cc(CN2CC(C(=O)O)CC(F)(F)C2)cc(Cl)c1OC. The number of benzene rings is 1. The molecule has 2 rings (SSSR count). The van der Waals surface area contributed by atoms with Gasteiger partial charge in [-0.3, -0.25) is 9.69 Å². The number of carboxylic acids is 1. The van der Waals surface area contributed by atoms with Crippen LogP contribution < -0.4 is 9.47 Å². The first-order valence-corrected chi connectivity index (χ1v) is 7.37. The molecule has 23 heavy (non-hydrogen) atoms. The summed E-state index contributed by atoms with van der Waals surface area (Å²) in [6.07, 6.45) is -0.633. The molecule has 1 unspecified atom stereocenters. The Morgan fingerprint density at radius 3 is 2.70 bits per heavy atom. The maximum atomic E-state index is 13.7. The molecule has 128 valence electrons. The van der Waals surface area contributed by atoms with Gasteiger partial charge in [-0.15, -0.1) is 0 Å². The van der Waals surface area contributed by atoms with Crippen molar-refractivity contribution in [2.75, 3.05) is 27.3 Å². The van der Waals surface area contributed by atoms with Crippen LogP contribution in [0, 0.1) is 5.92 Å². The third-order valence-electron chi connectivity index (χ3n) is 3.73. The lowest BCUT2D eigenvalue weighted by molar-refractivity contribution is -0.153. The number of alkyl halides is 2. The number of aliphatic carboxylic acids is 1. The van der Waals surface area contributed by atoms with Crippen LogP contribution in [0.15, 0.2) is 12.1 Å². The molecule has 1 atom stereocenters. The number of nitrogens with zero attached hydrogens (tertiary/aromatic N) is 1. The number of rotatable bonds is 5. The molecule has 1 N–H and O–H groups in total. The number of ether oxygens (including phenoxy) is 2. The predicted molar refractivity (Wildman–Crippen MR) is 80.5 cm³/mol. The van der Waals surface area contributed by atoms with Gasteiger partial charge in [-0.05, 0) is 17.7 Å². The Hall–Kier alpha value is -1.60. The molecular formula is C15H18ClF2NO4. The van der Waals surface area contributed by atoms with Crippen LogP contribution in [0.3, 0.4) is 0 Å². The fourth-order valence-corrected chi connectivity index (χ4v) is 3.11. The van der Waals surface area contributed by atoms with Crippen molar-refractivity contribution < 1.29 is 28.2 Å². The van der Waals surface area contributed by atoms with Crippen molar-refractivity contribution in [1.82, 2.24) is 4.90 Å². The van der Waals surface area contributed by atoms with Gasteiger partial charge in [-0.1, -0.05) is 11.6 Å². The van der Waals surface area contributed by atoms with Crippen LogP contribution in [0.25, 0.3) is 0 Å². The molecule has 1 heterocycles. The average Bonchev–Trinajstić information content (AvgIpc) is 2.44. The quantitative estimate of drug-likeness (QED) is 0.885. The van der Waals surface area contributed by atoms with E-state index in [4.69, 9.17) is 26.2 Å². The van der Waals surface area contributed by atoms with Crippen molar-refractivity contribution in [3.63, 3.8) is 0 Å². The zero-order valence-corrected chi connectivity index (χ0v) is 13.6. The van der Waals surface area contributed by atoms with Crippen molar-refractivity contribution >= 4 is 17.6 Å². The van der Waals surface area contributed by atoms with Crippen LogP contribution in [0.4, 0.5) is 8.78 Å². The topological polar surface area (TPSA) is 59.0 Å². The van der Waals surface area contributed by atoms with E-state index in [9.17, 15) is 13.6 Å². The second-order valence-corrected chi connectivity index (χ2v) is 5.99. The second-order valence-electron chi connectivity index (χ2n) is 5.58. The summed E-state index contributed by atoms with van der Waals surface area (Å²) in [5, 5.41) is 9.34. The minimum absolute atomic E-state index is 0.0664. The first-order valence-electron chi connectivity index (χ1n) is 6.99. The number of hydrogen-bond donors (Lipinski definition) is 1. The fourth-order valence-electron chi connectivity index (χ4n) is 2.80. The van der Waals surface area contributed by atoms with Gasteiger partial charge in [0.15, 0.2) is 11.5 Å². The van der Waals surface area contributed by atoms with E-state index in [1.165, 1.54) is 19.1 Å². The Labute approximate surface area is 137 Å². The molecule has 8 heteroatoms. The van der Waals surface area contributed by atoms with Gasteiger partial charge in [0.05, 0.1) is 31.7 Å². The van der Waals surface area contributed by atoms with Crippen molar-refractivity contribution in [3.8, 4) is 11.5 Å². The maximum absolute atomic E-state index is 13.7. The molecule has 1 aliphatic rings. The number of hydrogen-bond acceptors (Lipinski definition) is 4. The zero-order chi connectivity index (χ0) is 17.2. The van der Waals surface area contributed by atoms with Gasteiger partial charge in [0.2, 0.25) is 0 Å². The van der Waals surface area contributed by atoms with E-state index in [2.05, 4.69) is 0 Å². The molecule has 0 spiro atoms. The molecule has 0 amide bonds. The maximum Gasteiger partial charge on any atom is 0.308 e. The molecule has 5 nitrogen and oxygen atoms in total. The predicted octanol–water partition coefficient (Wildman–Crippen LogP) is 2.90. The Kier molecular flexibility index (Phi) is 5.31. The number of methoxy groups -OCH3 is 2. The van der Waals surface area contributed by atoms with E-state index in [1.807, 2.05) is 0 Å². The van der Waals surface area contributed by atoms with Crippen molar-refractivity contribution in [3.05, 3.63) is 22.7 Å². The molecule has 1 fully saturated rings. The average molecular weight is 350 g/mol. The number of carboxylic acid groups (broad SMARTS) is 1. The van der Waals surface area contributed by atoms with Crippen LogP contribution in [-0.2, 0) is 11.3 Å². The van der Waals surface area contributed by atoms with Gasteiger partial charge in [-0.2, -0.15) is 0 Å². The molecular weight excluding hydrogens is 332 g/mol. The Balaban J connectivity index is 2.21. The van der Waals surface area contributed by atoms with Crippen LogP contribution in [0.1, 0.15) is 12.0 Å². The first-order chi connectivity index (χ1) is 10.8. The van der Waals surface area contributed by atoms with Crippen LogP contribution in [0.2, 0.25) is 5.02 Å². The minimum atomic E-state index is -3.03. The van der Waals surface area contributed by atoms with Crippen LogP contribution in [-0.4, -0.2) is 49.2 Å². The molecule has 1 aromatic carbocycles. The number of halogens is 3. The summed E-state index contributed by atoms with van der Waals surface area (Å²) < 4.78 is 37.8. The van der Waals surface area contributed by atoms with Gasteiger partial charge in [0.25, 0.3) is 5.92 Å². The summed E-state index contributed by atoms with van der Waals surface area (Å²) in [4.78, 5) is 12.5. The highest BCUT2D eigenvalue weighted by molar-refractivity contribution is 6.32. The van der Waals surface area contributed by atoms with E-state index in [0.29, 0.717) is 22.1 Å². The second kappa shape index (κ2) is 6.88. The molecule has 1 saturated heterocycles. The van der Waals surface area contributed by atoms with Gasteiger partial charge in [0.1, 0.15) is 0 Å². The highest BCUT2D eigenvalue weighted by Gasteiger charge is 2.42. The largest absolute Gasteiger partial charge is 0.493 e. The van der Waals surface area contributed by atoms with Crippen LogP contribution in [0.5, 0.6) is 11.5 Å². The highest BCUT2D eigenvalue weighted by atomic mass is 35.5. The zero-order valence-electron chi connectivity index (χ0n) is 12.8. The standard InChI is InChI=1S/C15H18ClF2NO4/c1-22-12-4-9(3-11(16)13(12)23-2)6-19-7-10(14(20)21)5-15(17,18)8-19/h3-4,10H,5-8H2,1-2H3,(H,20,21). The minimum Gasteiger partial charge on any atom is -0.493 e. The van der Waals surface area contributed by atoms with Crippen molar-refractivity contribution in [2.45, 2.75) is 18.9 Å². The highest BCUT2D eigenvalue weighted by Crippen LogP contribution is 2.37. The van der Waals surface area contributed by atoms with E-state index in [-0.39, 0.29) is 13.1 Å². The molecule has 0 aromatic heterocycles. The molecule has 1 aromatic rings. The molecule has 0 radical (unpaired) electrons. The monoisotopic (exact) mass is 349 g/mol. The smallest absolute Gasteiger partial charge is 0.308 e. The summed E-state index contributed by atoms with van der Waals surface area (Å²) in [5.41, 5.74) is 0.648.